The number of para-hydroxylation sites is 1. The van der Waals surface area contributed by atoms with Crippen LogP contribution in [-0.2, 0) is 9.53 Å². The number of carbonyl (C=O) groups excluding carboxylic acids is 1. The van der Waals surface area contributed by atoms with E-state index in [2.05, 4.69) is 9.89 Å². The van der Waals surface area contributed by atoms with Crippen molar-refractivity contribution < 1.29 is 19.4 Å². The number of fused-ring (bicyclic) bond motifs is 1. The Morgan fingerprint density at radius 2 is 1.89 bits per heavy atom. The van der Waals surface area contributed by atoms with E-state index in [1.165, 1.54) is 12.1 Å². The minimum absolute atomic E-state index is 0.140. The van der Waals surface area contributed by atoms with Gasteiger partial charge in [0.25, 0.3) is 5.91 Å². The largest absolute Gasteiger partial charge is 0.478 e. The Balaban J connectivity index is 1.68. The smallest absolute Gasteiger partial charge is 0.335 e. The first kappa shape index (κ1) is 17.4. The molecule has 2 aromatic carbocycles. The summed E-state index contributed by atoms with van der Waals surface area (Å²) < 4.78 is 5.37. The summed E-state index contributed by atoms with van der Waals surface area (Å²) in [5.74, 6) is -1.20. The standard InChI is InChI=1S/C20H19N3O4/c24-19-18(21-15-5-3-4-14(12-15)20(25)26)16-6-1-2-7-17(16)23(19)13-22-8-10-27-11-9-22/h1-7,12H,8-11,13H2,(H,25,26)/b21-18-. The molecule has 7 nitrogen and oxygen atoms in total. The van der Waals surface area contributed by atoms with Crippen molar-refractivity contribution in [2.24, 2.45) is 4.99 Å². The molecule has 0 unspecified atom stereocenters. The molecule has 4 rings (SSSR count). The molecule has 27 heavy (non-hydrogen) atoms. The molecule has 0 aliphatic carbocycles. The third-order valence-corrected chi connectivity index (χ3v) is 4.68. The van der Waals surface area contributed by atoms with Gasteiger partial charge in [0.15, 0.2) is 0 Å². The number of carbonyl (C=O) groups is 2. The molecule has 1 saturated heterocycles. The van der Waals surface area contributed by atoms with Gasteiger partial charge in [0.2, 0.25) is 0 Å². The van der Waals surface area contributed by atoms with E-state index in [1.54, 1.807) is 17.0 Å². The van der Waals surface area contributed by atoms with E-state index in [1.807, 2.05) is 24.3 Å². The zero-order chi connectivity index (χ0) is 18.8. The zero-order valence-electron chi connectivity index (χ0n) is 14.7. The third kappa shape index (κ3) is 3.47. The van der Waals surface area contributed by atoms with Crippen molar-refractivity contribution in [3.63, 3.8) is 0 Å². The van der Waals surface area contributed by atoms with Crippen LogP contribution < -0.4 is 4.90 Å². The van der Waals surface area contributed by atoms with Gasteiger partial charge in [0, 0.05) is 18.7 Å². The van der Waals surface area contributed by atoms with Gasteiger partial charge in [-0.15, -0.1) is 0 Å². The Morgan fingerprint density at radius 1 is 1.11 bits per heavy atom. The number of nitrogens with zero attached hydrogens (tertiary/aromatic N) is 3. The van der Waals surface area contributed by atoms with Crippen LogP contribution in [0.15, 0.2) is 53.5 Å². The summed E-state index contributed by atoms with van der Waals surface area (Å²) in [7, 11) is 0. The lowest BCUT2D eigenvalue weighted by molar-refractivity contribution is -0.112. The summed E-state index contributed by atoms with van der Waals surface area (Å²) in [6.07, 6.45) is 0. The number of carboxylic acids is 1. The highest BCUT2D eigenvalue weighted by Gasteiger charge is 2.34. The molecule has 2 aliphatic heterocycles. The van der Waals surface area contributed by atoms with Gasteiger partial charge < -0.3 is 9.84 Å². The Labute approximate surface area is 156 Å². The number of anilines is 1. The van der Waals surface area contributed by atoms with E-state index >= 15 is 0 Å². The summed E-state index contributed by atoms with van der Waals surface area (Å²) in [5, 5.41) is 9.16. The molecular weight excluding hydrogens is 346 g/mol. The first-order chi connectivity index (χ1) is 13.1. The molecule has 0 spiro atoms. The predicted octanol–water partition coefficient (Wildman–Crippen LogP) is 2.14. The van der Waals surface area contributed by atoms with E-state index in [9.17, 15) is 9.59 Å². The molecule has 2 aliphatic rings. The van der Waals surface area contributed by atoms with Crippen LogP contribution in [0.25, 0.3) is 0 Å². The van der Waals surface area contributed by atoms with Crippen LogP contribution >= 0.6 is 0 Å². The number of benzene rings is 2. The topological polar surface area (TPSA) is 82.4 Å². The van der Waals surface area contributed by atoms with Crippen LogP contribution in [-0.4, -0.2) is 60.6 Å². The monoisotopic (exact) mass is 365 g/mol. The minimum Gasteiger partial charge on any atom is -0.478 e. The summed E-state index contributed by atoms with van der Waals surface area (Å²) >= 11 is 0. The lowest BCUT2D eigenvalue weighted by Crippen LogP contribution is -2.45. The molecule has 0 bridgehead atoms. The molecule has 1 N–H and O–H groups in total. The maximum Gasteiger partial charge on any atom is 0.335 e. The highest BCUT2D eigenvalue weighted by molar-refractivity contribution is 6.54. The number of carboxylic acid groups (broad SMARTS) is 1. The summed E-state index contributed by atoms with van der Waals surface area (Å²) in [6, 6.07) is 13.8. The van der Waals surface area contributed by atoms with Crippen LogP contribution in [0.3, 0.4) is 0 Å². The van der Waals surface area contributed by atoms with Gasteiger partial charge in [-0.2, -0.15) is 0 Å². The van der Waals surface area contributed by atoms with Gasteiger partial charge in [0.05, 0.1) is 36.8 Å². The lowest BCUT2D eigenvalue weighted by Gasteiger charge is -2.30. The van der Waals surface area contributed by atoms with Crippen molar-refractivity contribution in [3.05, 3.63) is 59.7 Å². The minimum atomic E-state index is -1.02. The second kappa shape index (κ2) is 7.30. The molecule has 138 valence electrons. The average molecular weight is 365 g/mol. The molecule has 0 radical (unpaired) electrons. The van der Waals surface area contributed by atoms with Crippen molar-refractivity contribution >= 4 is 29.0 Å². The predicted molar refractivity (Wildman–Crippen MR) is 101 cm³/mol. The van der Waals surface area contributed by atoms with E-state index < -0.39 is 5.97 Å². The highest BCUT2D eigenvalue weighted by atomic mass is 16.5. The second-order valence-corrected chi connectivity index (χ2v) is 6.44. The van der Waals surface area contributed by atoms with Crippen molar-refractivity contribution in [1.82, 2.24) is 4.90 Å². The molecule has 1 amide bonds. The normalized spacial score (nSPS) is 18.7. The highest BCUT2D eigenvalue weighted by Crippen LogP contribution is 2.31. The first-order valence-corrected chi connectivity index (χ1v) is 8.77. The molecule has 7 heteroatoms. The van der Waals surface area contributed by atoms with Crippen molar-refractivity contribution in [2.45, 2.75) is 0 Å². The molecule has 0 atom stereocenters. The third-order valence-electron chi connectivity index (χ3n) is 4.68. The number of rotatable bonds is 4. The SMILES string of the molecule is O=C(O)c1cccc(/N=C2\C(=O)N(CN3CCOCC3)c3ccccc32)c1. The fraction of sp³-hybridized carbons (Fsp3) is 0.250. The molecular formula is C20H19N3O4. The Morgan fingerprint density at radius 3 is 2.67 bits per heavy atom. The van der Waals surface area contributed by atoms with Gasteiger partial charge in [0.1, 0.15) is 5.71 Å². The van der Waals surface area contributed by atoms with E-state index in [0.29, 0.717) is 31.3 Å². The van der Waals surface area contributed by atoms with Gasteiger partial charge >= 0.3 is 5.97 Å². The fourth-order valence-electron chi connectivity index (χ4n) is 3.29. The molecule has 0 aromatic heterocycles. The van der Waals surface area contributed by atoms with E-state index in [0.717, 1.165) is 24.3 Å². The van der Waals surface area contributed by atoms with Crippen LogP contribution in [0.4, 0.5) is 11.4 Å². The maximum atomic E-state index is 13.1. The van der Waals surface area contributed by atoms with Gasteiger partial charge in [-0.1, -0.05) is 24.3 Å². The number of hydrogen-bond acceptors (Lipinski definition) is 5. The maximum absolute atomic E-state index is 13.1. The summed E-state index contributed by atoms with van der Waals surface area (Å²) in [6.45, 7) is 3.35. The summed E-state index contributed by atoms with van der Waals surface area (Å²) in [4.78, 5) is 32.6. The molecule has 2 aromatic rings. The van der Waals surface area contributed by atoms with Crippen molar-refractivity contribution in [2.75, 3.05) is 37.9 Å². The number of morpholine rings is 1. The van der Waals surface area contributed by atoms with Crippen molar-refractivity contribution in [3.8, 4) is 0 Å². The number of aliphatic imine (C=N–C) groups is 1. The number of hydrogen-bond donors (Lipinski definition) is 1. The Bertz CT molecular complexity index is 919. The van der Waals surface area contributed by atoms with E-state index in [4.69, 9.17) is 9.84 Å². The van der Waals surface area contributed by atoms with Crippen molar-refractivity contribution in [1.29, 1.82) is 0 Å². The number of aromatic carboxylic acids is 1. The van der Waals surface area contributed by atoms with Crippen LogP contribution in [0, 0.1) is 0 Å². The summed E-state index contributed by atoms with van der Waals surface area (Å²) in [5.41, 5.74) is 2.50. The average Bonchev–Trinajstić information content (AvgIpc) is 2.95. The van der Waals surface area contributed by atoms with Crippen LogP contribution in [0.2, 0.25) is 0 Å². The van der Waals surface area contributed by atoms with Gasteiger partial charge in [-0.25, -0.2) is 9.79 Å². The quantitative estimate of drug-likeness (QED) is 0.898. The number of ether oxygens (including phenoxy) is 1. The number of amides is 1. The zero-order valence-corrected chi connectivity index (χ0v) is 14.7. The van der Waals surface area contributed by atoms with Gasteiger partial charge in [-0.05, 0) is 24.3 Å². The second-order valence-electron chi connectivity index (χ2n) is 6.44. The van der Waals surface area contributed by atoms with E-state index in [-0.39, 0.29) is 11.5 Å². The Kier molecular flexibility index (Phi) is 4.70. The molecule has 1 fully saturated rings. The first-order valence-electron chi connectivity index (χ1n) is 8.77. The molecule has 2 heterocycles. The van der Waals surface area contributed by atoms with Crippen LogP contribution in [0.5, 0.6) is 0 Å². The Hall–Kier alpha value is -3.03. The molecule has 0 saturated carbocycles. The van der Waals surface area contributed by atoms with Crippen LogP contribution in [0.1, 0.15) is 15.9 Å². The van der Waals surface area contributed by atoms with Gasteiger partial charge in [-0.3, -0.25) is 14.6 Å². The fourth-order valence-corrected chi connectivity index (χ4v) is 3.29. The lowest BCUT2D eigenvalue weighted by atomic mass is 10.1.